The first kappa shape index (κ1) is 21.1. The van der Waals surface area contributed by atoms with Crippen molar-refractivity contribution in [1.29, 1.82) is 0 Å². The summed E-state index contributed by atoms with van der Waals surface area (Å²) >= 11 is 0. The minimum Gasteiger partial charge on any atom is -0.467 e. The fraction of sp³-hybridized carbons (Fsp3) is 0.400. The molecule has 1 aliphatic rings. The Hall–Kier alpha value is -2.65. The number of carbonyl (C=O) groups excluding carboxylic acids is 2. The lowest BCUT2D eigenvalue weighted by Gasteiger charge is -2.20. The summed E-state index contributed by atoms with van der Waals surface area (Å²) in [6.07, 6.45) is 1.65. The van der Waals surface area contributed by atoms with Crippen molar-refractivity contribution >= 4 is 27.5 Å². The maximum atomic E-state index is 12.6. The molecule has 0 unspecified atom stereocenters. The van der Waals surface area contributed by atoms with Gasteiger partial charge in [-0.2, -0.15) is 4.31 Å². The van der Waals surface area contributed by atoms with Gasteiger partial charge < -0.3 is 14.6 Å². The van der Waals surface area contributed by atoms with Crippen molar-refractivity contribution in [3.8, 4) is 0 Å². The summed E-state index contributed by atoms with van der Waals surface area (Å²) in [5.74, 6) is -0.193. The molecule has 9 heteroatoms. The lowest BCUT2D eigenvalue weighted by atomic mass is 10.1. The van der Waals surface area contributed by atoms with Crippen LogP contribution in [0.1, 0.15) is 26.0 Å². The summed E-state index contributed by atoms with van der Waals surface area (Å²) in [7, 11) is -3.55. The molecule has 2 amide bonds. The molecule has 1 fully saturated rings. The number of nitrogens with one attached hydrogen (secondary N) is 1. The van der Waals surface area contributed by atoms with Crippen LogP contribution in [0.15, 0.2) is 52.0 Å². The predicted octanol–water partition coefficient (Wildman–Crippen LogP) is 1.98. The molecule has 0 bridgehead atoms. The van der Waals surface area contributed by atoms with Crippen molar-refractivity contribution in [2.75, 3.05) is 24.5 Å². The van der Waals surface area contributed by atoms with Crippen LogP contribution in [0.25, 0.3) is 0 Å². The summed E-state index contributed by atoms with van der Waals surface area (Å²) in [6.45, 7) is 4.88. The van der Waals surface area contributed by atoms with Crippen LogP contribution < -0.4 is 10.2 Å². The zero-order valence-electron chi connectivity index (χ0n) is 16.5. The number of sulfonamides is 1. The number of anilines is 1. The third-order valence-corrected chi connectivity index (χ3v) is 7.07. The molecule has 1 aliphatic heterocycles. The molecule has 0 radical (unpaired) electrons. The Morgan fingerprint density at radius 2 is 1.90 bits per heavy atom. The van der Waals surface area contributed by atoms with E-state index in [1.54, 1.807) is 38.1 Å². The number of carbonyl (C=O) groups is 2. The third kappa shape index (κ3) is 4.51. The summed E-state index contributed by atoms with van der Waals surface area (Å²) in [5, 5.41) is 2.78. The Balaban J connectivity index is 1.66. The van der Waals surface area contributed by atoms with Gasteiger partial charge in [0.05, 0.1) is 23.6 Å². The van der Waals surface area contributed by atoms with E-state index in [9.17, 15) is 18.0 Å². The van der Waals surface area contributed by atoms with Gasteiger partial charge in [-0.3, -0.25) is 9.59 Å². The maximum absolute atomic E-state index is 12.6. The van der Waals surface area contributed by atoms with Crippen molar-refractivity contribution in [2.45, 2.75) is 31.7 Å². The molecule has 0 saturated carbocycles. The van der Waals surface area contributed by atoms with Gasteiger partial charge in [-0.15, -0.1) is 0 Å². The average Bonchev–Trinajstić information content (AvgIpc) is 3.36. The molecule has 1 atom stereocenters. The molecule has 1 saturated heterocycles. The number of hydrogen-bond acceptors (Lipinski definition) is 5. The molecule has 1 N–H and O–H groups in total. The van der Waals surface area contributed by atoms with Gasteiger partial charge in [0.1, 0.15) is 5.76 Å². The molecule has 0 spiro atoms. The van der Waals surface area contributed by atoms with E-state index in [-0.39, 0.29) is 36.2 Å². The van der Waals surface area contributed by atoms with E-state index in [0.717, 1.165) is 0 Å². The highest BCUT2D eigenvalue weighted by Gasteiger charge is 2.35. The normalized spacial score (nSPS) is 17.1. The summed E-state index contributed by atoms with van der Waals surface area (Å²) < 4.78 is 31.7. The summed E-state index contributed by atoms with van der Waals surface area (Å²) in [4.78, 5) is 26.5. The second kappa shape index (κ2) is 8.79. The Morgan fingerprint density at radius 3 is 2.48 bits per heavy atom. The molecule has 8 nitrogen and oxygen atoms in total. The zero-order valence-corrected chi connectivity index (χ0v) is 17.3. The van der Waals surface area contributed by atoms with Crippen molar-refractivity contribution in [3.05, 3.63) is 48.4 Å². The lowest BCUT2D eigenvalue weighted by molar-refractivity contribution is -0.126. The van der Waals surface area contributed by atoms with Gasteiger partial charge in [-0.1, -0.05) is 13.8 Å². The first-order valence-electron chi connectivity index (χ1n) is 9.57. The van der Waals surface area contributed by atoms with Crippen LogP contribution in [0.2, 0.25) is 0 Å². The molecule has 1 aromatic heterocycles. The van der Waals surface area contributed by atoms with Gasteiger partial charge in [0.15, 0.2) is 0 Å². The van der Waals surface area contributed by atoms with Gasteiger partial charge >= 0.3 is 0 Å². The van der Waals surface area contributed by atoms with Gasteiger partial charge in [0, 0.05) is 31.7 Å². The standard InChI is InChI=1S/C20H25N3O5S/c1-3-22(4-2)29(26,27)18-9-7-16(8-10-18)23-14-15(12-19(23)24)20(25)21-13-17-6-5-11-28-17/h5-11,15H,3-4,12-14H2,1-2H3,(H,21,25)/t15-/m0/s1. The molecule has 29 heavy (non-hydrogen) atoms. The minimum atomic E-state index is -3.55. The van der Waals surface area contributed by atoms with E-state index in [2.05, 4.69) is 5.32 Å². The van der Waals surface area contributed by atoms with Crippen LogP contribution in [0.5, 0.6) is 0 Å². The van der Waals surface area contributed by atoms with Crippen LogP contribution in [0.4, 0.5) is 5.69 Å². The fourth-order valence-corrected chi connectivity index (χ4v) is 4.83. The minimum absolute atomic E-state index is 0.115. The fourth-order valence-electron chi connectivity index (χ4n) is 3.38. The number of benzene rings is 1. The lowest BCUT2D eigenvalue weighted by Crippen LogP contribution is -2.32. The largest absolute Gasteiger partial charge is 0.467 e. The van der Waals surface area contributed by atoms with Gasteiger partial charge in [0.2, 0.25) is 21.8 Å². The number of rotatable bonds is 8. The summed E-state index contributed by atoms with van der Waals surface area (Å²) in [5.41, 5.74) is 0.579. The average molecular weight is 420 g/mol. The van der Waals surface area contributed by atoms with E-state index in [1.807, 2.05) is 0 Å². The van der Waals surface area contributed by atoms with E-state index in [4.69, 9.17) is 4.42 Å². The number of nitrogens with zero attached hydrogens (tertiary/aromatic N) is 2. The SMILES string of the molecule is CCN(CC)S(=O)(=O)c1ccc(N2C[C@@H](C(=O)NCc3ccco3)CC2=O)cc1. The molecule has 0 aliphatic carbocycles. The first-order chi connectivity index (χ1) is 13.9. The Bertz CT molecular complexity index is 951. The van der Waals surface area contributed by atoms with Gasteiger partial charge in [0.25, 0.3) is 0 Å². The van der Waals surface area contributed by atoms with Crippen LogP contribution in [0, 0.1) is 5.92 Å². The van der Waals surface area contributed by atoms with Gasteiger partial charge in [-0.05, 0) is 36.4 Å². The van der Waals surface area contributed by atoms with E-state index < -0.39 is 15.9 Å². The first-order valence-corrected chi connectivity index (χ1v) is 11.0. The van der Waals surface area contributed by atoms with Crippen LogP contribution in [-0.4, -0.2) is 44.2 Å². The number of amides is 2. The molecule has 2 heterocycles. The van der Waals surface area contributed by atoms with Crippen LogP contribution in [0.3, 0.4) is 0 Å². The van der Waals surface area contributed by atoms with Crippen molar-refractivity contribution in [1.82, 2.24) is 9.62 Å². The zero-order chi connectivity index (χ0) is 21.0. The highest BCUT2D eigenvalue weighted by Crippen LogP contribution is 2.27. The van der Waals surface area contributed by atoms with E-state index in [0.29, 0.717) is 24.5 Å². The van der Waals surface area contributed by atoms with E-state index >= 15 is 0 Å². The molecular weight excluding hydrogens is 394 g/mol. The second-order valence-corrected chi connectivity index (χ2v) is 8.72. The molecular formula is C20H25N3O5S. The highest BCUT2D eigenvalue weighted by molar-refractivity contribution is 7.89. The maximum Gasteiger partial charge on any atom is 0.243 e. The van der Waals surface area contributed by atoms with Crippen molar-refractivity contribution < 1.29 is 22.4 Å². The third-order valence-electron chi connectivity index (χ3n) is 5.00. The van der Waals surface area contributed by atoms with Crippen molar-refractivity contribution in [2.24, 2.45) is 5.92 Å². The Kier molecular flexibility index (Phi) is 6.39. The van der Waals surface area contributed by atoms with Gasteiger partial charge in [-0.25, -0.2) is 8.42 Å². The van der Waals surface area contributed by atoms with Crippen LogP contribution >= 0.6 is 0 Å². The van der Waals surface area contributed by atoms with E-state index in [1.165, 1.54) is 27.6 Å². The molecule has 1 aromatic carbocycles. The molecule has 2 aromatic rings. The van der Waals surface area contributed by atoms with Crippen molar-refractivity contribution in [3.63, 3.8) is 0 Å². The predicted molar refractivity (Wildman–Crippen MR) is 108 cm³/mol. The highest BCUT2D eigenvalue weighted by atomic mass is 32.2. The number of hydrogen-bond donors (Lipinski definition) is 1. The smallest absolute Gasteiger partial charge is 0.243 e. The summed E-state index contributed by atoms with van der Waals surface area (Å²) in [6, 6.07) is 9.72. The molecule has 156 valence electrons. The Morgan fingerprint density at radius 1 is 1.21 bits per heavy atom. The monoisotopic (exact) mass is 419 g/mol. The quantitative estimate of drug-likeness (QED) is 0.705. The van der Waals surface area contributed by atoms with Crippen LogP contribution in [-0.2, 0) is 26.2 Å². The topological polar surface area (TPSA) is 99.9 Å². The number of furan rings is 1. The Labute approximate surface area is 170 Å². The second-order valence-electron chi connectivity index (χ2n) is 6.79. The molecule has 3 rings (SSSR count).